The van der Waals surface area contributed by atoms with Crippen molar-refractivity contribution in [3.05, 3.63) is 12.7 Å². The first kappa shape index (κ1) is 9.21. The molecular formula is C8H14O2. The number of carbonyl (C=O) groups is 1. The monoisotopic (exact) mass is 142 g/mol. The molecule has 0 aromatic rings. The molecule has 0 fully saturated rings. The Hall–Kier alpha value is -0.790. The first-order chi connectivity index (χ1) is 4.70. The van der Waals surface area contributed by atoms with Gasteiger partial charge < -0.3 is 5.11 Å². The topological polar surface area (TPSA) is 37.3 Å². The maximum Gasteiger partial charge on any atom is 0.303 e. The number of carboxylic acid groups (broad SMARTS) is 1. The van der Waals surface area contributed by atoms with Crippen LogP contribution in [0.15, 0.2) is 12.7 Å². The molecule has 2 heteroatoms. The van der Waals surface area contributed by atoms with E-state index in [0.717, 1.165) is 12.8 Å². The van der Waals surface area contributed by atoms with Gasteiger partial charge >= 0.3 is 5.97 Å². The van der Waals surface area contributed by atoms with Crippen LogP contribution in [0.2, 0.25) is 0 Å². The maximum absolute atomic E-state index is 10.2. The van der Waals surface area contributed by atoms with Crippen molar-refractivity contribution in [3.63, 3.8) is 0 Å². The third kappa shape index (κ3) is 4.13. The van der Waals surface area contributed by atoms with Crippen molar-refractivity contribution in [2.24, 2.45) is 5.92 Å². The molecule has 0 aliphatic rings. The molecule has 0 amide bonds. The van der Waals surface area contributed by atoms with E-state index in [4.69, 9.17) is 5.11 Å². The lowest BCUT2D eigenvalue weighted by Gasteiger charge is -2.05. The number of rotatable bonds is 5. The van der Waals surface area contributed by atoms with Crippen LogP contribution in [-0.4, -0.2) is 11.1 Å². The molecule has 0 heterocycles. The minimum atomic E-state index is -0.738. The van der Waals surface area contributed by atoms with Crippen LogP contribution in [0.5, 0.6) is 0 Å². The standard InChI is InChI=1S/C8H14O2/c1-3-5-7(4-2)6-8(9)10/h4,7H,2-3,5-6H2,1H3,(H,9,10)/t7-/m1/s1. The van der Waals surface area contributed by atoms with Crippen molar-refractivity contribution in [2.45, 2.75) is 26.2 Å². The number of allylic oxidation sites excluding steroid dienone is 1. The molecule has 0 radical (unpaired) electrons. The second kappa shape index (κ2) is 5.03. The highest BCUT2D eigenvalue weighted by Gasteiger charge is 2.06. The van der Waals surface area contributed by atoms with Gasteiger partial charge in [-0.25, -0.2) is 0 Å². The van der Waals surface area contributed by atoms with Crippen LogP contribution < -0.4 is 0 Å². The van der Waals surface area contributed by atoms with E-state index in [-0.39, 0.29) is 12.3 Å². The normalized spacial score (nSPS) is 12.5. The lowest BCUT2D eigenvalue weighted by Crippen LogP contribution is -2.04. The lowest BCUT2D eigenvalue weighted by molar-refractivity contribution is -0.137. The van der Waals surface area contributed by atoms with Crippen LogP contribution in [0.4, 0.5) is 0 Å². The fraction of sp³-hybridized carbons (Fsp3) is 0.625. The van der Waals surface area contributed by atoms with E-state index in [0.29, 0.717) is 0 Å². The third-order valence-corrected chi connectivity index (χ3v) is 1.43. The van der Waals surface area contributed by atoms with Crippen molar-refractivity contribution in [2.75, 3.05) is 0 Å². The highest BCUT2D eigenvalue weighted by atomic mass is 16.4. The molecule has 10 heavy (non-hydrogen) atoms. The van der Waals surface area contributed by atoms with Crippen molar-refractivity contribution < 1.29 is 9.90 Å². The zero-order chi connectivity index (χ0) is 7.98. The highest BCUT2D eigenvalue weighted by Crippen LogP contribution is 2.11. The van der Waals surface area contributed by atoms with Crippen LogP contribution >= 0.6 is 0 Å². The van der Waals surface area contributed by atoms with E-state index in [1.807, 2.05) is 6.92 Å². The third-order valence-electron chi connectivity index (χ3n) is 1.43. The second-order valence-electron chi connectivity index (χ2n) is 2.38. The van der Waals surface area contributed by atoms with E-state index in [1.165, 1.54) is 0 Å². The van der Waals surface area contributed by atoms with Gasteiger partial charge in [0.1, 0.15) is 0 Å². The molecule has 0 rings (SSSR count). The Morgan fingerprint density at radius 3 is 2.70 bits per heavy atom. The van der Waals surface area contributed by atoms with Gasteiger partial charge in [0, 0.05) is 0 Å². The fourth-order valence-electron chi connectivity index (χ4n) is 0.898. The number of hydrogen-bond acceptors (Lipinski definition) is 1. The molecule has 1 N–H and O–H groups in total. The Kier molecular flexibility index (Phi) is 4.63. The molecular weight excluding hydrogens is 128 g/mol. The van der Waals surface area contributed by atoms with Crippen LogP contribution in [0.25, 0.3) is 0 Å². The van der Waals surface area contributed by atoms with Crippen LogP contribution in [0.1, 0.15) is 26.2 Å². The predicted molar refractivity (Wildman–Crippen MR) is 40.8 cm³/mol. The Labute approximate surface area is 61.6 Å². The molecule has 58 valence electrons. The summed E-state index contributed by atoms with van der Waals surface area (Å²) in [5.74, 6) is -0.583. The summed E-state index contributed by atoms with van der Waals surface area (Å²) in [4.78, 5) is 10.2. The molecule has 0 aromatic heterocycles. The minimum absolute atomic E-state index is 0.155. The van der Waals surface area contributed by atoms with Gasteiger partial charge in [0.2, 0.25) is 0 Å². The lowest BCUT2D eigenvalue weighted by atomic mass is 10.0. The Morgan fingerprint density at radius 2 is 2.40 bits per heavy atom. The van der Waals surface area contributed by atoms with Crippen molar-refractivity contribution in [3.8, 4) is 0 Å². The molecule has 0 aliphatic heterocycles. The quantitative estimate of drug-likeness (QED) is 0.596. The van der Waals surface area contributed by atoms with Crippen LogP contribution in [0.3, 0.4) is 0 Å². The number of carboxylic acids is 1. The first-order valence-corrected chi connectivity index (χ1v) is 3.55. The molecule has 1 atom stereocenters. The summed E-state index contributed by atoms with van der Waals surface area (Å²) in [7, 11) is 0. The van der Waals surface area contributed by atoms with Crippen molar-refractivity contribution >= 4 is 5.97 Å². The summed E-state index contributed by atoms with van der Waals surface area (Å²) in [5.41, 5.74) is 0. The zero-order valence-electron chi connectivity index (χ0n) is 6.34. The predicted octanol–water partition coefficient (Wildman–Crippen LogP) is 2.06. The number of hydrogen-bond donors (Lipinski definition) is 1. The first-order valence-electron chi connectivity index (χ1n) is 3.55. The smallest absolute Gasteiger partial charge is 0.303 e. The molecule has 0 aromatic carbocycles. The fourth-order valence-corrected chi connectivity index (χ4v) is 0.898. The van der Waals surface area contributed by atoms with Crippen LogP contribution in [0, 0.1) is 5.92 Å². The Bertz CT molecular complexity index is 118. The highest BCUT2D eigenvalue weighted by molar-refractivity contribution is 5.67. The summed E-state index contributed by atoms with van der Waals surface area (Å²) in [6, 6.07) is 0. The summed E-state index contributed by atoms with van der Waals surface area (Å²) < 4.78 is 0. The Morgan fingerprint density at radius 1 is 1.80 bits per heavy atom. The van der Waals surface area contributed by atoms with Gasteiger partial charge in [0.25, 0.3) is 0 Å². The van der Waals surface area contributed by atoms with E-state index in [2.05, 4.69) is 6.58 Å². The van der Waals surface area contributed by atoms with Gasteiger partial charge in [-0.15, -0.1) is 6.58 Å². The summed E-state index contributed by atoms with van der Waals surface area (Å²) in [6.45, 7) is 5.61. The van der Waals surface area contributed by atoms with Gasteiger partial charge in [-0.05, 0) is 12.3 Å². The molecule has 0 saturated carbocycles. The van der Waals surface area contributed by atoms with Gasteiger partial charge in [-0.2, -0.15) is 0 Å². The molecule has 2 nitrogen and oxygen atoms in total. The summed E-state index contributed by atoms with van der Waals surface area (Å²) in [5, 5.41) is 8.39. The van der Waals surface area contributed by atoms with Gasteiger partial charge in [-0.3, -0.25) is 4.79 Å². The molecule has 0 bridgehead atoms. The van der Waals surface area contributed by atoms with Crippen molar-refractivity contribution in [1.82, 2.24) is 0 Å². The van der Waals surface area contributed by atoms with Crippen LogP contribution in [-0.2, 0) is 4.79 Å². The molecule has 0 aliphatic carbocycles. The summed E-state index contributed by atoms with van der Waals surface area (Å²) in [6.07, 6.45) is 3.88. The maximum atomic E-state index is 10.2. The van der Waals surface area contributed by atoms with Gasteiger partial charge in [0.15, 0.2) is 0 Å². The molecule has 0 saturated heterocycles. The van der Waals surface area contributed by atoms with E-state index in [1.54, 1.807) is 6.08 Å². The largest absolute Gasteiger partial charge is 0.481 e. The average Bonchev–Trinajstić information content (AvgIpc) is 1.86. The van der Waals surface area contributed by atoms with Gasteiger partial charge in [-0.1, -0.05) is 19.4 Å². The van der Waals surface area contributed by atoms with E-state index in [9.17, 15) is 4.79 Å². The molecule has 0 spiro atoms. The second-order valence-corrected chi connectivity index (χ2v) is 2.38. The van der Waals surface area contributed by atoms with E-state index >= 15 is 0 Å². The summed E-state index contributed by atoms with van der Waals surface area (Å²) >= 11 is 0. The zero-order valence-corrected chi connectivity index (χ0v) is 6.34. The SMILES string of the molecule is C=C[C@H](CCC)CC(=O)O. The molecule has 0 unspecified atom stereocenters. The van der Waals surface area contributed by atoms with E-state index < -0.39 is 5.97 Å². The van der Waals surface area contributed by atoms with Crippen molar-refractivity contribution in [1.29, 1.82) is 0 Å². The average molecular weight is 142 g/mol. The minimum Gasteiger partial charge on any atom is -0.481 e. The van der Waals surface area contributed by atoms with Gasteiger partial charge in [0.05, 0.1) is 6.42 Å². The Balaban J connectivity index is 3.59. The number of aliphatic carboxylic acids is 1.